The molecule has 2 aliphatic rings. The third-order valence-corrected chi connectivity index (χ3v) is 6.21. The number of carboxylic acid groups (broad SMARTS) is 4. The Morgan fingerprint density at radius 1 is 0.500 bits per heavy atom. The van der Waals surface area contributed by atoms with E-state index in [1.165, 1.54) is 0 Å². The fourth-order valence-electron chi connectivity index (χ4n) is 4.42. The van der Waals surface area contributed by atoms with Crippen LogP contribution in [0.3, 0.4) is 0 Å². The van der Waals surface area contributed by atoms with E-state index in [1.807, 2.05) is 48.6 Å². The molecule has 2 aliphatic heterocycles. The van der Waals surface area contributed by atoms with E-state index in [2.05, 4.69) is 44.2 Å². The summed E-state index contributed by atoms with van der Waals surface area (Å²) < 4.78 is 0. The molecule has 0 amide bonds. The molecule has 0 radical (unpaired) electrons. The summed E-state index contributed by atoms with van der Waals surface area (Å²) in [5.74, 6) is -4.91. The van der Waals surface area contributed by atoms with Gasteiger partial charge in [-0.2, -0.15) is 0 Å². The molecule has 0 spiro atoms. The standard InChI is InChI=1S/C20H14N4.C10H16N2O8/c1-2-14-10-16-5-6-18(23-16)12-20-8-7-19(24-20)11-17-4-3-15(22-17)9-13(1)21-14;13-7(14)3-11(4-8(15)16)1-2-12(5-9(17)18)6-10(19)20/h1-12,21,24H;1-6H2,(H,13,14)(H,15,16)(H,17,18)(H,19,20). The molecule has 0 atom stereocenters. The van der Waals surface area contributed by atoms with Crippen molar-refractivity contribution < 1.29 is 39.6 Å². The van der Waals surface area contributed by atoms with Gasteiger partial charge in [0.2, 0.25) is 0 Å². The summed E-state index contributed by atoms with van der Waals surface area (Å²) in [6.07, 6.45) is 8.09. The zero-order valence-electron chi connectivity index (χ0n) is 23.4. The largest absolute Gasteiger partial charge is 0.480 e. The minimum absolute atomic E-state index is 0.0703. The van der Waals surface area contributed by atoms with Crippen molar-refractivity contribution >= 4 is 70.2 Å². The Bertz CT molecular complexity index is 1530. The number of carbonyl (C=O) groups is 4. The molecule has 0 aromatic carbocycles. The number of rotatable bonds is 11. The first-order valence-electron chi connectivity index (χ1n) is 13.4. The summed E-state index contributed by atoms with van der Waals surface area (Å²) in [7, 11) is 0. The van der Waals surface area contributed by atoms with Crippen molar-refractivity contribution in [2.45, 2.75) is 0 Å². The zero-order chi connectivity index (χ0) is 31.6. The van der Waals surface area contributed by atoms with Crippen LogP contribution in [0.15, 0.2) is 48.5 Å². The smallest absolute Gasteiger partial charge is 0.317 e. The van der Waals surface area contributed by atoms with Gasteiger partial charge in [0.15, 0.2) is 0 Å². The summed E-state index contributed by atoms with van der Waals surface area (Å²) in [5.41, 5.74) is 7.86. The van der Waals surface area contributed by atoms with Gasteiger partial charge in [-0.15, -0.1) is 0 Å². The van der Waals surface area contributed by atoms with Crippen LogP contribution in [0.25, 0.3) is 46.4 Å². The molecule has 0 aliphatic carbocycles. The molecule has 3 aromatic heterocycles. The normalized spacial score (nSPS) is 11.8. The Balaban J connectivity index is 0.000000206. The molecule has 5 rings (SSSR count). The first-order chi connectivity index (χ1) is 21.0. The average Bonchev–Trinajstić information content (AvgIpc) is 3.73. The average molecular weight is 603 g/mol. The highest BCUT2D eigenvalue weighted by Gasteiger charge is 2.18. The molecular formula is C30H30N6O8. The number of aromatic nitrogens is 4. The number of nitrogens with one attached hydrogen (secondary N) is 2. The van der Waals surface area contributed by atoms with E-state index in [-0.39, 0.29) is 13.1 Å². The Kier molecular flexibility index (Phi) is 10.3. The van der Waals surface area contributed by atoms with Gasteiger partial charge in [-0.05, 0) is 72.8 Å². The fraction of sp³-hybridized carbons (Fsp3) is 0.200. The van der Waals surface area contributed by atoms with Crippen LogP contribution in [0.1, 0.15) is 22.8 Å². The van der Waals surface area contributed by atoms with Gasteiger partial charge in [0.25, 0.3) is 0 Å². The van der Waals surface area contributed by atoms with E-state index in [0.29, 0.717) is 0 Å². The number of fused-ring (bicyclic) bond motifs is 8. The molecule has 6 N–H and O–H groups in total. The lowest BCUT2D eigenvalue weighted by Crippen LogP contribution is -2.43. The van der Waals surface area contributed by atoms with Crippen molar-refractivity contribution in [3.8, 4) is 0 Å². The molecule has 5 heterocycles. The van der Waals surface area contributed by atoms with Gasteiger partial charge in [0.1, 0.15) is 0 Å². The Labute approximate surface area is 250 Å². The molecule has 14 heteroatoms. The lowest BCUT2D eigenvalue weighted by molar-refractivity contribution is -0.145. The minimum Gasteiger partial charge on any atom is -0.480 e. The number of aliphatic carboxylic acids is 4. The molecule has 44 heavy (non-hydrogen) atoms. The first kappa shape index (κ1) is 31.3. The third kappa shape index (κ3) is 10.0. The molecule has 0 fully saturated rings. The van der Waals surface area contributed by atoms with E-state index in [0.717, 1.165) is 54.6 Å². The monoisotopic (exact) mass is 602 g/mol. The van der Waals surface area contributed by atoms with Crippen LogP contribution in [-0.4, -0.2) is 113 Å². The quantitative estimate of drug-likeness (QED) is 0.129. The number of carboxylic acids is 4. The van der Waals surface area contributed by atoms with Gasteiger partial charge in [0.05, 0.1) is 49.0 Å². The van der Waals surface area contributed by atoms with Crippen LogP contribution in [-0.2, 0) is 19.2 Å². The van der Waals surface area contributed by atoms with Crippen molar-refractivity contribution in [2.24, 2.45) is 0 Å². The highest BCUT2D eigenvalue weighted by Crippen LogP contribution is 2.17. The van der Waals surface area contributed by atoms with Gasteiger partial charge in [-0.3, -0.25) is 29.0 Å². The fourth-order valence-corrected chi connectivity index (χ4v) is 4.42. The predicted molar refractivity (Wildman–Crippen MR) is 162 cm³/mol. The number of nitrogens with zero attached hydrogens (tertiary/aromatic N) is 4. The second kappa shape index (κ2) is 14.5. The summed E-state index contributed by atoms with van der Waals surface area (Å²) in [6.45, 7) is -2.25. The van der Waals surface area contributed by atoms with Crippen molar-refractivity contribution in [2.75, 3.05) is 39.3 Å². The Hall–Kier alpha value is -5.60. The van der Waals surface area contributed by atoms with E-state index >= 15 is 0 Å². The summed E-state index contributed by atoms with van der Waals surface area (Å²) in [4.78, 5) is 60.4. The van der Waals surface area contributed by atoms with Crippen LogP contribution < -0.4 is 0 Å². The molecule has 3 aromatic rings. The number of H-pyrrole nitrogens is 2. The van der Waals surface area contributed by atoms with Gasteiger partial charge in [-0.25, -0.2) is 9.97 Å². The van der Waals surface area contributed by atoms with Crippen molar-refractivity contribution in [3.05, 3.63) is 71.3 Å². The maximum absolute atomic E-state index is 10.6. The predicted octanol–water partition coefficient (Wildman–Crippen LogP) is 2.58. The molecular weight excluding hydrogens is 572 g/mol. The summed E-state index contributed by atoms with van der Waals surface area (Å²) >= 11 is 0. The minimum atomic E-state index is -1.23. The lowest BCUT2D eigenvalue weighted by atomic mass is 10.3. The van der Waals surface area contributed by atoms with Gasteiger partial charge < -0.3 is 30.4 Å². The molecule has 14 nitrogen and oxygen atoms in total. The maximum atomic E-state index is 10.6. The van der Waals surface area contributed by atoms with Crippen molar-refractivity contribution in [1.29, 1.82) is 0 Å². The van der Waals surface area contributed by atoms with Crippen LogP contribution in [0.4, 0.5) is 0 Å². The van der Waals surface area contributed by atoms with Gasteiger partial charge in [0, 0.05) is 35.2 Å². The van der Waals surface area contributed by atoms with E-state index in [4.69, 9.17) is 20.4 Å². The third-order valence-electron chi connectivity index (χ3n) is 6.21. The molecule has 0 saturated heterocycles. The van der Waals surface area contributed by atoms with Crippen LogP contribution >= 0.6 is 0 Å². The number of hydrogen-bond donors (Lipinski definition) is 6. The first-order valence-corrected chi connectivity index (χ1v) is 13.4. The number of aromatic amines is 2. The summed E-state index contributed by atoms with van der Waals surface area (Å²) in [5, 5.41) is 34.5. The summed E-state index contributed by atoms with van der Waals surface area (Å²) in [6, 6.07) is 16.4. The van der Waals surface area contributed by atoms with E-state index in [1.54, 1.807) is 0 Å². The van der Waals surface area contributed by atoms with Gasteiger partial charge >= 0.3 is 23.9 Å². The molecule has 0 saturated carbocycles. The Morgan fingerprint density at radius 3 is 0.977 bits per heavy atom. The van der Waals surface area contributed by atoms with Crippen LogP contribution in [0.5, 0.6) is 0 Å². The SMILES string of the molecule is C1=Cc2cc3ccc(cc4nc(cc5ccc(cc1n2)[nH]5)C=C4)[nH]3.O=C(O)CN(CCN(CC(=O)O)CC(=O)O)CC(=O)O. The highest BCUT2D eigenvalue weighted by atomic mass is 16.4. The second-order valence-electron chi connectivity index (χ2n) is 9.90. The van der Waals surface area contributed by atoms with Crippen LogP contribution in [0.2, 0.25) is 0 Å². The van der Waals surface area contributed by atoms with Crippen LogP contribution in [0, 0.1) is 0 Å². The van der Waals surface area contributed by atoms with Gasteiger partial charge in [-0.1, -0.05) is 0 Å². The zero-order valence-corrected chi connectivity index (χ0v) is 23.4. The molecule has 228 valence electrons. The molecule has 0 unspecified atom stereocenters. The second-order valence-corrected chi connectivity index (χ2v) is 9.90. The highest BCUT2D eigenvalue weighted by molar-refractivity contribution is 5.77. The Morgan fingerprint density at radius 2 is 0.750 bits per heavy atom. The lowest BCUT2D eigenvalue weighted by Gasteiger charge is -2.23. The topological polar surface area (TPSA) is 213 Å². The van der Waals surface area contributed by atoms with E-state index < -0.39 is 50.1 Å². The maximum Gasteiger partial charge on any atom is 0.317 e. The number of hydrogen-bond acceptors (Lipinski definition) is 8. The van der Waals surface area contributed by atoms with E-state index in [9.17, 15) is 19.2 Å². The molecule has 8 bridgehead atoms. The van der Waals surface area contributed by atoms with Crippen molar-refractivity contribution in [3.63, 3.8) is 0 Å². The van der Waals surface area contributed by atoms with Crippen molar-refractivity contribution in [1.82, 2.24) is 29.7 Å².